The number of aryl methyl sites for hydroxylation is 1. The molecule has 6 heteroatoms. The Balaban J connectivity index is 1.41. The van der Waals surface area contributed by atoms with Gasteiger partial charge in [-0.3, -0.25) is 14.7 Å². The number of nitrogens with one attached hydrogen (secondary N) is 1. The fraction of sp³-hybridized carbons (Fsp3) is 0.462. The molecule has 2 aliphatic heterocycles. The van der Waals surface area contributed by atoms with Crippen LogP contribution in [-0.4, -0.2) is 83.4 Å². The molecule has 2 saturated heterocycles. The predicted molar refractivity (Wildman–Crippen MR) is 129 cm³/mol. The van der Waals surface area contributed by atoms with Crippen molar-refractivity contribution in [2.45, 2.75) is 25.7 Å². The zero-order valence-electron chi connectivity index (χ0n) is 19.2. The summed E-state index contributed by atoms with van der Waals surface area (Å²) in [7, 11) is 2.15. The van der Waals surface area contributed by atoms with Crippen LogP contribution in [0.5, 0.6) is 0 Å². The highest BCUT2D eigenvalue weighted by atomic mass is 16.2. The molecule has 1 unspecified atom stereocenters. The fourth-order valence-corrected chi connectivity index (χ4v) is 5.26. The van der Waals surface area contributed by atoms with Crippen LogP contribution in [0.3, 0.4) is 0 Å². The minimum Gasteiger partial charge on any atom is -0.357 e. The van der Waals surface area contributed by atoms with Gasteiger partial charge in [-0.2, -0.15) is 0 Å². The zero-order valence-corrected chi connectivity index (χ0v) is 19.2. The van der Waals surface area contributed by atoms with E-state index in [0.717, 1.165) is 52.1 Å². The summed E-state index contributed by atoms with van der Waals surface area (Å²) in [6.45, 7) is 8.40. The van der Waals surface area contributed by atoms with Crippen molar-refractivity contribution in [3.63, 3.8) is 0 Å². The first-order chi connectivity index (χ1) is 15.6. The van der Waals surface area contributed by atoms with Crippen LogP contribution < -0.4 is 0 Å². The number of nitrogens with zero attached hydrogens (tertiary/aromatic N) is 4. The number of piperidine rings is 1. The molecule has 1 amide bonds. The van der Waals surface area contributed by atoms with E-state index in [-0.39, 0.29) is 5.91 Å². The summed E-state index contributed by atoms with van der Waals surface area (Å²) in [6, 6.07) is 10.7. The average molecular weight is 432 g/mol. The van der Waals surface area contributed by atoms with Crippen molar-refractivity contribution in [3.05, 3.63) is 54.0 Å². The van der Waals surface area contributed by atoms with Crippen LogP contribution in [0, 0.1) is 6.92 Å². The van der Waals surface area contributed by atoms with Crippen molar-refractivity contribution in [2.75, 3.05) is 52.9 Å². The number of hydrogen-bond donors (Lipinski definition) is 1. The van der Waals surface area contributed by atoms with Crippen LogP contribution in [0.25, 0.3) is 22.0 Å². The molecule has 1 atom stereocenters. The van der Waals surface area contributed by atoms with Gasteiger partial charge in [0.2, 0.25) is 5.91 Å². The number of amides is 1. The lowest BCUT2D eigenvalue weighted by atomic mass is 9.89. The molecule has 4 heterocycles. The summed E-state index contributed by atoms with van der Waals surface area (Å²) in [6.07, 6.45) is 5.87. The van der Waals surface area contributed by atoms with Gasteiger partial charge >= 0.3 is 0 Å². The lowest BCUT2D eigenvalue weighted by Gasteiger charge is -2.36. The van der Waals surface area contributed by atoms with E-state index in [1.807, 2.05) is 12.4 Å². The number of hydrogen-bond acceptors (Lipinski definition) is 4. The maximum absolute atomic E-state index is 13.2. The van der Waals surface area contributed by atoms with Crippen LogP contribution in [0.15, 0.2) is 42.7 Å². The molecule has 6 nitrogen and oxygen atoms in total. The molecular weight excluding hydrogens is 398 g/mol. The lowest BCUT2D eigenvalue weighted by molar-refractivity contribution is -0.134. The van der Waals surface area contributed by atoms with Crippen molar-refractivity contribution >= 4 is 16.8 Å². The quantitative estimate of drug-likeness (QED) is 0.687. The summed E-state index contributed by atoms with van der Waals surface area (Å²) in [5.41, 5.74) is 6.17. The Bertz CT molecular complexity index is 1080. The zero-order chi connectivity index (χ0) is 22.1. The first kappa shape index (κ1) is 21.2. The van der Waals surface area contributed by atoms with E-state index in [9.17, 15) is 4.79 Å². The molecule has 5 rings (SSSR count). The third kappa shape index (κ3) is 4.17. The second kappa shape index (κ2) is 9.04. The van der Waals surface area contributed by atoms with Gasteiger partial charge in [-0.15, -0.1) is 0 Å². The van der Waals surface area contributed by atoms with Gasteiger partial charge in [0.05, 0.1) is 6.54 Å². The van der Waals surface area contributed by atoms with E-state index in [1.54, 1.807) is 0 Å². The predicted octanol–water partition coefficient (Wildman–Crippen LogP) is 3.49. The van der Waals surface area contributed by atoms with Crippen LogP contribution in [0.1, 0.15) is 30.0 Å². The number of fused-ring (bicyclic) bond motifs is 1. The molecule has 3 aromatic rings. The van der Waals surface area contributed by atoms with E-state index in [1.165, 1.54) is 33.3 Å². The summed E-state index contributed by atoms with van der Waals surface area (Å²) < 4.78 is 0. The molecule has 2 fully saturated rings. The molecule has 2 aromatic heterocycles. The van der Waals surface area contributed by atoms with Crippen molar-refractivity contribution in [2.24, 2.45) is 0 Å². The van der Waals surface area contributed by atoms with Gasteiger partial charge in [0.25, 0.3) is 0 Å². The molecule has 32 heavy (non-hydrogen) atoms. The second-order valence-electron chi connectivity index (χ2n) is 9.41. The molecule has 0 saturated carbocycles. The molecule has 0 bridgehead atoms. The van der Waals surface area contributed by atoms with E-state index in [4.69, 9.17) is 0 Å². The Labute approximate surface area is 190 Å². The van der Waals surface area contributed by atoms with Crippen LogP contribution in [0.4, 0.5) is 0 Å². The Morgan fingerprint density at radius 3 is 2.66 bits per heavy atom. The van der Waals surface area contributed by atoms with E-state index in [2.05, 4.69) is 69.0 Å². The van der Waals surface area contributed by atoms with Crippen LogP contribution in [0.2, 0.25) is 0 Å². The smallest absolute Gasteiger partial charge is 0.236 e. The van der Waals surface area contributed by atoms with Crippen molar-refractivity contribution < 1.29 is 4.79 Å². The van der Waals surface area contributed by atoms with Gasteiger partial charge in [0, 0.05) is 79.7 Å². The SMILES string of the molecule is Cc1cccc2c(-c3ccncc3)c(C3CCCN(C(=O)CN4CCN(C)CC4)C3)[nH]c12. The van der Waals surface area contributed by atoms with Gasteiger partial charge in [-0.1, -0.05) is 18.2 Å². The Hall–Kier alpha value is -2.70. The Kier molecular flexibility index (Phi) is 5.98. The van der Waals surface area contributed by atoms with Crippen LogP contribution in [-0.2, 0) is 4.79 Å². The largest absolute Gasteiger partial charge is 0.357 e. The highest BCUT2D eigenvalue weighted by Gasteiger charge is 2.30. The number of H-pyrrole nitrogens is 1. The average Bonchev–Trinajstić information content (AvgIpc) is 3.22. The second-order valence-corrected chi connectivity index (χ2v) is 9.41. The number of likely N-dealkylation sites (tertiary alicyclic amines) is 1. The number of para-hydroxylation sites is 1. The number of carbonyl (C=O) groups is 1. The summed E-state index contributed by atoms with van der Waals surface area (Å²) in [5.74, 6) is 0.590. The molecule has 1 aromatic carbocycles. The normalized spacial score (nSPS) is 20.7. The van der Waals surface area contributed by atoms with Gasteiger partial charge < -0.3 is 14.8 Å². The molecule has 2 aliphatic rings. The van der Waals surface area contributed by atoms with E-state index < -0.39 is 0 Å². The van der Waals surface area contributed by atoms with Crippen molar-refractivity contribution in [1.82, 2.24) is 24.7 Å². The number of piperazine rings is 1. The maximum atomic E-state index is 13.2. The minimum absolute atomic E-state index is 0.275. The van der Waals surface area contributed by atoms with Gasteiger partial charge in [-0.05, 0) is 50.1 Å². The summed E-state index contributed by atoms with van der Waals surface area (Å²) in [4.78, 5) is 27.9. The minimum atomic E-state index is 0.275. The summed E-state index contributed by atoms with van der Waals surface area (Å²) >= 11 is 0. The number of carbonyl (C=O) groups excluding carboxylic acids is 1. The molecule has 0 spiro atoms. The third-order valence-electron chi connectivity index (χ3n) is 7.18. The first-order valence-corrected chi connectivity index (χ1v) is 11.8. The fourth-order valence-electron chi connectivity index (χ4n) is 5.26. The third-order valence-corrected chi connectivity index (χ3v) is 7.18. The molecular formula is C26H33N5O. The Morgan fingerprint density at radius 2 is 1.88 bits per heavy atom. The first-order valence-electron chi connectivity index (χ1n) is 11.8. The standard InChI is InChI=1S/C26H33N5O/c1-19-5-3-7-22-24(20-8-10-27-11-9-20)26(28-25(19)22)21-6-4-12-31(17-21)23(32)18-30-15-13-29(2)14-16-30/h3,5,7-11,21,28H,4,6,12-18H2,1-2H3. The number of rotatable bonds is 4. The monoisotopic (exact) mass is 431 g/mol. The highest BCUT2D eigenvalue weighted by molar-refractivity contribution is 5.99. The highest BCUT2D eigenvalue weighted by Crippen LogP contribution is 2.40. The summed E-state index contributed by atoms with van der Waals surface area (Å²) in [5, 5.41) is 1.26. The van der Waals surface area contributed by atoms with Gasteiger partial charge in [0.15, 0.2) is 0 Å². The van der Waals surface area contributed by atoms with Crippen molar-refractivity contribution in [1.29, 1.82) is 0 Å². The number of pyridine rings is 1. The molecule has 168 valence electrons. The van der Waals surface area contributed by atoms with Crippen molar-refractivity contribution in [3.8, 4) is 11.1 Å². The lowest BCUT2D eigenvalue weighted by Crippen LogP contribution is -2.50. The molecule has 0 aliphatic carbocycles. The number of benzene rings is 1. The topological polar surface area (TPSA) is 55.5 Å². The van der Waals surface area contributed by atoms with E-state index in [0.29, 0.717) is 12.5 Å². The van der Waals surface area contributed by atoms with Crippen LogP contribution >= 0.6 is 0 Å². The number of likely N-dealkylation sites (N-methyl/N-ethyl adjacent to an activating group) is 1. The maximum Gasteiger partial charge on any atom is 0.236 e. The number of aromatic amines is 1. The van der Waals surface area contributed by atoms with Gasteiger partial charge in [0.1, 0.15) is 0 Å². The number of aromatic nitrogens is 2. The molecule has 1 N–H and O–H groups in total. The Morgan fingerprint density at radius 1 is 1.09 bits per heavy atom. The van der Waals surface area contributed by atoms with Gasteiger partial charge in [-0.25, -0.2) is 0 Å². The van der Waals surface area contributed by atoms with E-state index >= 15 is 0 Å². The molecule has 0 radical (unpaired) electrons.